The van der Waals surface area contributed by atoms with Gasteiger partial charge in [-0.2, -0.15) is 0 Å². The molecule has 0 bridgehead atoms. The van der Waals surface area contributed by atoms with Gasteiger partial charge in [0.15, 0.2) is 0 Å². The van der Waals surface area contributed by atoms with Gasteiger partial charge in [-0.15, -0.1) is 12.4 Å². The average molecular weight is 339 g/mol. The Morgan fingerprint density at radius 2 is 1.74 bits per heavy atom. The van der Waals surface area contributed by atoms with E-state index in [1.807, 2.05) is 0 Å². The van der Waals surface area contributed by atoms with Gasteiger partial charge in [-0.05, 0) is 38.2 Å². The highest BCUT2D eigenvalue weighted by Crippen LogP contribution is 2.15. The van der Waals surface area contributed by atoms with Gasteiger partial charge in [-0.1, -0.05) is 5.16 Å². The van der Waals surface area contributed by atoms with Gasteiger partial charge < -0.3 is 20.5 Å². The Bertz CT molecular complexity index is 655. The zero-order chi connectivity index (χ0) is 15.9. The summed E-state index contributed by atoms with van der Waals surface area (Å²) in [5.41, 5.74) is 1.70. The summed E-state index contributed by atoms with van der Waals surface area (Å²) in [6, 6.07) is 6.89. The summed E-state index contributed by atoms with van der Waals surface area (Å²) < 4.78 is 4.85. The first-order valence-corrected chi connectivity index (χ1v) is 6.87. The highest BCUT2D eigenvalue weighted by atomic mass is 35.5. The second kappa shape index (κ2) is 8.92. The van der Waals surface area contributed by atoms with Gasteiger partial charge in [0.1, 0.15) is 11.3 Å². The quantitative estimate of drug-likeness (QED) is 0.750. The summed E-state index contributed by atoms with van der Waals surface area (Å²) in [6.07, 6.45) is 1.78. The fraction of sp³-hybridized carbons (Fsp3) is 0.267. The molecule has 0 spiro atoms. The maximum absolute atomic E-state index is 12.0. The van der Waals surface area contributed by atoms with Crippen LogP contribution < -0.4 is 16.0 Å². The third-order valence-corrected chi connectivity index (χ3v) is 3.02. The van der Waals surface area contributed by atoms with Crippen LogP contribution in [0.4, 0.5) is 11.4 Å². The van der Waals surface area contributed by atoms with E-state index in [2.05, 4.69) is 21.1 Å². The highest BCUT2D eigenvalue weighted by molar-refractivity contribution is 6.04. The van der Waals surface area contributed by atoms with Gasteiger partial charge in [0.2, 0.25) is 5.91 Å². The van der Waals surface area contributed by atoms with Crippen molar-refractivity contribution in [2.24, 2.45) is 0 Å². The van der Waals surface area contributed by atoms with E-state index in [0.717, 1.165) is 0 Å². The van der Waals surface area contributed by atoms with Crippen molar-refractivity contribution in [1.82, 2.24) is 10.5 Å². The molecule has 7 nitrogen and oxygen atoms in total. The van der Waals surface area contributed by atoms with Crippen LogP contribution in [0.15, 0.2) is 35.0 Å². The lowest BCUT2D eigenvalue weighted by molar-refractivity contribution is -0.116. The van der Waals surface area contributed by atoms with Crippen molar-refractivity contribution in [3.05, 3.63) is 41.8 Å². The minimum Gasteiger partial charge on any atom is -0.361 e. The zero-order valence-corrected chi connectivity index (χ0v) is 13.7. The summed E-state index contributed by atoms with van der Waals surface area (Å²) in [4.78, 5) is 23.6. The molecule has 2 amide bonds. The average Bonchev–Trinajstić information content (AvgIpc) is 2.93. The molecule has 1 heterocycles. The number of anilines is 2. The predicted octanol–water partition coefficient (Wildman–Crippen LogP) is 2.21. The smallest absolute Gasteiger partial charge is 0.260 e. The molecule has 23 heavy (non-hydrogen) atoms. The lowest BCUT2D eigenvalue weighted by Crippen LogP contribution is -2.18. The molecule has 0 radical (unpaired) electrons. The maximum atomic E-state index is 12.0. The lowest BCUT2D eigenvalue weighted by Gasteiger charge is -2.07. The molecule has 0 atom stereocenters. The first-order chi connectivity index (χ1) is 10.6. The molecular formula is C15H19ClN4O3. The number of aromatic nitrogens is 1. The van der Waals surface area contributed by atoms with E-state index in [0.29, 0.717) is 35.7 Å². The standard InChI is InChI=1S/C15H18N4O3.ClH/c1-10-13(9-17-22-10)15(21)19-12-5-3-11(4-6-12)18-14(20)7-8-16-2;/h3-6,9,16H,7-8H2,1-2H3,(H,18,20)(H,19,21);1H. The van der Waals surface area contributed by atoms with Crippen LogP contribution >= 0.6 is 12.4 Å². The number of carbonyl (C=O) groups is 2. The number of amides is 2. The highest BCUT2D eigenvalue weighted by Gasteiger charge is 2.12. The van der Waals surface area contributed by atoms with Crippen molar-refractivity contribution in [2.75, 3.05) is 24.2 Å². The van der Waals surface area contributed by atoms with E-state index in [4.69, 9.17) is 4.52 Å². The summed E-state index contributed by atoms with van der Waals surface area (Å²) >= 11 is 0. The van der Waals surface area contributed by atoms with E-state index in [-0.39, 0.29) is 24.2 Å². The summed E-state index contributed by atoms with van der Waals surface area (Å²) in [5.74, 6) is 0.113. The van der Waals surface area contributed by atoms with Crippen LogP contribution in [0.1, 0.15) is 22.5 Å². The van der Waals surface area contributed by atoms with Crippen molar-refractivity contribution in [2.45, 2.75) is 13.3 Å². The Labute approximate surface area is 140 Å². The number of halogens is 1. The zero-order valence-electron chi connectivity index (χ0n) is 12.9. The van der Waals surface area contributed by atoms with Crippen LogP contribution in [-0.2, 0) is 4.79 Å². The molecule has 0 aliphatic carbocycles. The van der Waals surface area contributed by atoms with Gasteiger partial charge in [-0.3, -0.25) is 9.59 Å². The molecule has 0 saturated carbocycles. The third-order valence-electron chi connectivity index (χ3n) is 3.02. The fourth-order valence-corrected chi connectivity index (χ4v) is 1.81. The summed E-state index contributed by atoms with van der Waals surface area (Å²) in [7, 11) is 1.79. The molecule has 0 aliphatic rings. The number of carbonyl (C=O) groups excluding carboxylic acids is 2. The Hall–Kier alpha value is -2.38. The van der Waals surface area contributed by atoms with Crippen LogP contribution in [0.25, 0.3) is 0 Å². The number of nitrogens with zero attached hydrogens (tertiary/aromatic N) is 1. The molecular weight excluding hydrogens is 320 g/mol. The van der Waals surface area contributed by atoms with E-state index >= 15 is 0 Å². The molecule has 2 aromatic rings. The van der Waals surface area contributed by atoms with Gasteiger partial charge in [0.05, 0.1) is 6.20 Å². The van der Waals surface area contributed by atoms with Crippen LogP contribution in [-0.4, -0.2) is 30.6 Å². The van der Waals surface area contributed by atoms with E-state index < -0.39 is 0 Å². The normalized spacial score (nSPS) is 9.83. The van der Waals surface area contributed by atoms with Crippen molar-refractivity contribution >= 4 is 35.6 Å². The molecule has 8 heteroatoms. The van der Waals surface area contributed by atoms with Gasteiger partial charge in [0, 0.05) is 24.3 Å². The van der Waals surface area contributed by atoms with Crippen molar-refractivity contribution < 1.29 is 14.1 Å². The Morgan fingerprint density at radius 1 is 1.13 bits per heavy atom. The molecule has 0 unspecified atom stereocenters. The molecule has 0 fully saturated rings. The SMILES string of the molecule is CNCCC(=O)Nc1ccc(NC(=O)c2cnoc2C)cc1.Cl. The molecule has 124 valence electrons. The Kier molecular flexibility index (Phi) is 7.24. The molecule has 2 rings (SSSR count). The number of nitrogens with one attached hydrogen (secondary N) is 3. The molecule has 0 saturated heterocycles. The second-order valence-corrected chi connectivity index (χ2v) is 4.73. The predicted molar refractivity (Wildman–Crippen MR) is 90.1 cm³/mol. The fourth-order valence-electron chi connectivity index (χ4n) is 1.81. The monoisotopic (exact) mass is 338 g/mol. The third kappa shape index (κ3) is 5.39. The Balaban J connectivity index is 0.00000264. The molecule has 3 N–H and O–H groups in total. The number of benzene rings is 1. The molecule has 1 aromatic heterocycles. The number of hydrogen-bond donors (Lipinski definition) is 3. The summed E-state index contributed by atoms with van der Waals surface area (Å²) in [5, 5.41) is 12.0. The summed E-state index contributed by atoms with van der Waals surface area (Å²) in [6.45, 7) is 2.30. The van der Waals surface area contributed by atoms with Crippen LogP contribution in [0.2, 0.25) is 0 Å². The van der Waals surface area contributed by atoms with Gasteiger partial charge in [-0.25, -0.2) is 0 Å². The number of aryl methyl sites for hydroxylation is 1. The van der Waals surface area contributed by atoms with E-state index in [1.54, 1.807) is 38.2 Å². The first kappa shape index (κ1) is 18.7. The van der Waals surface area contributed by atoms with Crippen LogP contribution in [0, 0.1) is 6.92 Å². The topological polar surface area (TPSA) is 96.3 Å². The van der Waals surface area contributed by atoms with Gasteiger partial charge >= 0.3 is 0 Å². The lowest BCUT2D eigenvalue weighted by atomic mass is 10.2. The molecule has 1 aromatic carbocycles. The number of rotatable bonds is 6. The maximum Gasteiger partial charge on any atom is 0.260 e. The van der Waals surface area contributed by atoms with Crippen molar-refractivity contribution in [1.29, 1.82) is 0 Å². The van der Waals surface area contributed by atoms with Gasteiger partial charge in [0.25, 0.3) is 5.91 Å². The largest absolute Gasteiger partial charge is 0.361 e. The van der Waals surface area contributed by atoms with E-state index in [9.17, 15) is 9.59 Å². The Morgan fingerprint density at radius 3 is 2.26 bits per heavy atom. The number of hydrogen-bond acceptors (Lipinski definition) is 5. The molecule has 0 aliphatic heterocycles. The van der Waals surface area contributed by atoms with Crippen LogP contribution in [0.3, 0.4) is 0 Å². The van der Waals surface area contributed by atoms with Crippen molar-refractivity contribution in [3.8, 4) is 0 Å². The van der Waals surface area contributed by atoms with Crippen molar-refractivity contribution in [3.63, 3.8) is 0 Å². The minimum atomic E-state index is -0.287. The van der Waals surface area contributed by atoms with E-state index in [1.165, 1.54) is 6.20 Å². The van der Waals surface area contributed by atoms with Crippen LogP contribution in [0.5, 0.6) is 0 Å². The second-order valence-electron chi connectivity index (χ2n) is 4.73. The first-order valence-electron chi connectivity index (χ1n) is 6.87. The minimum absolute atomic E-state index is 0.